The fourth-order valence-electron chi connectivity index (χ4n) is 2.17. The van der Waals surface area contributed by atoms with Crippen molar-refractivity contribution in [1.29, 1.82) is 0 Å². The molecule has 0 bridgehead atoms. The molecule has 3 rings (SSSR count). The first-order valence-corrected chi connectivity index (χ1v) is 9.31. The lowest BCUT2D eigenvalue weighted by molar-refractivity contribution is 0.466. The molecule has 3 aromatic rings. The molecule has 25 heavy (non-hydrogen) atoms. The van der Waals surface area contributed by atoms with Crippen LogP contribution in [0.5, 0.6) is 0 Å². The minimum Gasteiger partial charge on any atom is -0.411 e. The van der Waals surface area contributed by atoms with Crippen molar-refractivity contribution in [3.05, 3.63) is 52.6 Å². The third-order valence-corrected chi connectivity index (χ3v) is 4.60. The van der Waals surface area contributed by atoms with Gasteiger partial charge in [-0.05, 0) is 43.0 Å². The molecule has 0 atom stereocenters. The number of hydrogen-bond donors (Lipinski definition) is 0. The monoisotopic (exact) mass is 390 g/mol. The van der Waals surface area contributed by atoms with Crippen molar-refractivity contribution in [2.75, 3.05) is 0 Å². The van der Waals surface area contributed by atoms with Gasteiger partial charge in [-0.1, -0.05) is 35.6 Å². The summed E-state index contributed by atoms with van der Waals surface area (Å²) in [7, 11) is 0. The summed E-state index contributed by atoms with van der Waals surface area (Å²) in [6.45, 7) is 3.79. The Bertz CT molecular complexity index is 896. The predicted octanol–water partition coefficient (Wildman–Crippen LogP) is 4.71. The van der Waals surface area contributed by atoms with Crippen LogP contribution in [0.3, 0.4) is 0 Å². The number of rotatable bonds is 6. The highest BCUT2D eigenvalue weighted by atomic mass is 35.5. The molecule has 0 aliphatic heterocycles. The number of thiocarbonyl (C=S) groups is 1. The second-order valence-electron chi connectivity index (χ2n) is 5.44. The summed E-state index contributed by atoms with van der Waals surface area (Å²) in [5.41, 5.74) is 2.80. The van der Waals surface area contributed by atoms with Crippen LogP contribution in [-0.2, 0) is 12.2 Å². The molecule has 0 amide bonds. The summed E-state index contributed by atoms with van der Waals surface area (Å²) in [5.74, 6) is 1.85. The second kappa shape index (κ2) is 8.03. The largest absolute Gasteiger partial charge is 0.411 e. The lowest BCUT2D eigenvalue weighted by Crippen LogP contribution is -2.05. The zero-order valence-corrected chi connectivity index (χ0v) is 16.1. The molecule has 0 N–H and O–H groups in total. The first kappa shape index (κ1) is 18.0. The van der Waals surface area contributed by atoms with Crippen LogP contribution in [0.15, 0.2) is 40.1 Å². The summed E-state index contributed by atoms with van der Waals surface area (Å²) in [5, 5.41) is 9.33. The summed E-state index contributed by atoms with van der Waals surface area (Å²) in [4.78, 5) is 9.66. The molecule has 2 aromatic heterocycles. The van der Waals surface area contributed by atoms with E-state index in [4.69, 9.17) is 28.2 Å². The summed E-state index contributed by atoms with van der Waals surface area (Å²) >= 11 is 12.5. The molecular formula is C17H15ClN4OS2. The maximum Gasteiger partial charge on any atom is 0.277 e. The Morgan fingerprint density at radius 1 is 1.24 bits per heavy atom. The fraction of sp³-hybridized carbons (Fsp3) is 0.235. The summed E-state index contributed by atoms with van der Waals surface area (Å²) < 4.78 is 5.71. The van der Waals surface area contributed by atoms with Crippen LogP contribution in [0.25, 0.3) is 11.5 Å². The predicted molar refractivity (Wildman–Crippen MR) is 103 cm³/mol. The highest BCUT2D eigenvalue weighted by Crippen LogP contribution is 2.27. The Morgan fingerprint density at radius 3 is 2.72 bits per heavy atom. The molecule has 8 heteroatoms. The van der Waals surface area contributed by atoms with Gasteiger partial charge in [0.25, 0.3) is 5.22 Å². The van der Waals surface area contributed by atoms with Gasteiger partial charge in [-0.15, -0.1) is 10.2 Å². The number of aromatic nitrogens is 4. The number of halogens is 1. The van der Waals surface area contributed by atoms with E-state index in [1.54, 1.807) is 12.1 Å². The zero-order valence-electron chi connectivity index (χ0n) is 13.7. The molecular weight excluding hydrogens is 376 g/mol. The molecule has 0 saturated heterocycles. The normalized spacial score (nSPS) is 10.8. The van der Waals surface area contributed by atoms with Gasteiger partial charge < -0.3 is 4.42 Å². The fourth-order valence-corrected chi connectivity index (χ4v) is 3.19. The van der Waals surface area contributed by atoms with Gasteiger partial charge in [-0.3, -0.25) is 0 Å². The second-order valence-corrected chi connectivity index (χ2v) is 7.50. The molecule has 0 aliphatic carbocycles. The summed E-state index contributed by atoms with van der Waals surface area (Å²) in [6.07, 6.45) is 2.49. The quantitative estimate of drug-likeness (QED) is 0.446. The van der Waals surface area contributed by atoms with E-state index in [1.165, 1.54) is 11.8 Å². The van der Waals surface area contributed by atoms with Gasteiger partial charge in [0, 0.05) is 34.5 Å². The van der Waals surface area contributed by atoms with E-state index in [-0.39, 0.29) is 0 Å². The minimum atomic E-state index is 0.467. The Labute approximate surface area is 160 Å². The number of aryl methyl sites for hydroxylation is 1. The van der Waals surface area contributed by atoms with E-state index in [2.05, 4.69) is 20.2 Å². The first-order chi connectivity index (χ1) is 12.0. The average molecular weight is 391 g/mol. The lowest BCUT2D eigenvalue weighted by atomic mass is 10.1. The molecule has 0 spiro atoms. The average Bonchev–Trinajstić information content (AvgIpc) is 3.03. The standard InChI is InChI=1S/C17H15ClN4OS2/c1-10(24)7-15-13(8-19-11(2)20-15)9-25-17-22-21-16(23-17)12-3-5-14(18)6-4-12/h3-6,8H,7,9H2,1-2H3. The van der Waals surface area contributed by atoms with E-state index in [0.29, 0.717) is 28.3 Å². The van der Waals surface area contributed by atoms with E-state index in [1.807, 2.05) is 32.2 Å². The number of thioether (sulfide) groups is 1. The molecule has 0 aliphatic rings. The van der Waals surface area contributed by atoms with E-state index >= 15 is 0 Å². The van der Waals surface area contributed by atoms with Gasteiger partial charge in [0.2, 0.25) is 5.89 Å². The van der Waals surface area contributed by atoms with Crippen molar-refractivity contribution in [1.82, 2.24) is 20.2 Å². The first-order valence-electron chi connectivity index (χ1n) is 7.54. The van der Waals surface area contributed by atoms with Crippen molar-refractivity contribution >= 4 is 40.4 Å². The van der Waals surface area contributed by atoms with Crippen LogP contribution < -0.4 is 0 Å². The third kappa shape index (κ3) is 4.84. The van der Waals surface area contributed by atoms with Crippen molar-refractivity contribution < 1.29 is 4.42 Å². The molecule has 5 nitrogen and oxygen atoms in total. The number of benzene rings is 1. The maximum atomic E-state index is 5.89. The van der Waals surface area contributed by atoms with Crippen molar-refractivity contribution in [3.63, 3.8) is 0 Å². The number of hydrogen-bond acceptors (Lipinski definition) is 7. The Kier molecular flexibility index (Phi) is 5.78. The molecule has 128 valence electrons. The molecule has 0 radical (unpaired) electrons. The molecule has 0 fully saturated rings. The van der Waals surface area contributed by atoms with Crippen molar-refractivity contribution in [3.8, 4) is 11.5 Å². The highest BCUT2D eigenvalue weighted by Gasteiger charge is 2.12. The van der Waals surface area contributed by atoms with Crippen molar-refractivity contribution in [2.24, 2.45) is 0 Å². The maximum absolute atomic E-state index is 5.89. The van der Waals surface area contributed by atoms with Gasteiger partial charge in [0.05, 0.1) is 5.69 Å². The molecule has 0 saturated carbocycles. The van der Waals surface area contributed by atoms with Crippen LogP contribution in [0.2, 0.25) is 5.02 Å². The van der Waals surface area contributed by atoms with Gasteiger partial charge >= 0.3 is 0 Å². The van der Waals surface area contributed by atoms with E-state index < -0.39 is 0 Å². The number of nitrogens with zero attached hydrogens (tertiary/aromatic N) is 4. The smallest absolute Gasteiger partial charge is 0.277 e. The third-order valence-electron chi connectivity index (χ3n) is 3.34. The van der Waals surface area contributed by atoms with Crippen LogP contribution in [0.4, 0.5) is 0 Å². The Morgan fingerprint density at radius 2 is 2.00 bits per heavy atom. The van der Waals surface area contributed by atoms with Gasteiger partial charge in [-0.25, -0.2) is 9.97 Å². The molecule has 2 heterocycles. The van der Waals surface area contributed by atoms with E-state index in [0.717, 1.165) is 27.5 Å². The SMILES string of the molecule is CC(=S)Cc1nc(C)ncc1CSc1nnc(-c2ccc(Cl)cc2)o1. The van der Waals surface area contributed by atoms with Gasteiger partial charge in [-0.2, -0.15) is 0 Å². The molecule has 1 aromatic carbocycles. The minimum absolute atomic E-state index is 0.467. The molecule has 0 unspecified atom stereocenters. The van der Waals surface area contributed by atoms with E-state index in [9.17, 15) is 0 Å². The van der Waals surface area contributed by atoms with Crippen LogP contribution in [0, 0.1) is 6.92 Å². The lowest BCUT2D eigenvalue weighted by Gasteiger charge is -2.07. The van der Waals surface area contributed by atoms with Crippen LogP contribution in [0.1, 0.15) is 24.0 Å². The Balaban J connectivity index is 1.72. The Hall–Kier alpha value is -1.83. The topological polar surface area (TPSA) is 64.7 Å². The van der Waals surface area contributed by atoms with Gasteiger partial charge in [0.15, 0.2) is 0 Å². The highest BCUT2D eigenvalue weighted by molar-refractivity contribution is 7.98. The van der Waals surface area contributed by atoms with Crippen LogP contribution >= 0.6 is 35.6 Å². The summed E-state index contributed by atoms with van der Waals surface area (Å²) in [6, 6.07) is 7.27. The van der Waals surface area contributed by atoms with Gasteiger partial charge in [0.1, 0.15) is 5.82 Å². The van der Waals surface area contributed by atoms with Crippen LogP contribution in [-0.4, -0.2) is 25.0 Å². The zero-order chi connectivity index (χ0) is 17.8. The van der Waals surface area contributed by atoms with Crippen molar-refractivity contribution in [2.45, 2.75) is 31.2 Å².